The maximum absolute atomic E-state index is 13.3. The lowest BCUT2D eigenvalue weighted by Gasteiger charge is -2.42. The van der Waals surface area contributed by atoms with Gasteiger partial charge in [-0.05, 0) is 46.0 Å². The van der Waals surface area contributed by atoms with Crippen LogP contribution >= 0.6 is 0 Å². The summed E-state index contributed by atoms with van der Waals surface area (Å²) in [6, 6.07) is 0.504. The molecule has 24 heavy (non-hydrogen) atoms. The fourth-order valence-electron chi connectivity index (χ4n) is 4.92. The second-order valence-electron chi connectivity index (χ2n) is 7.91. The van der Waals surface area contributed by atoms with Gasteiger partial charge in [-0.25, -0.2) is 4.98 Å². The Morgan fingerprint density at radius 2 is 1.92 bits per heavy atom. The number of carbonyl (C=O) groups excluding carboxylic acids is 1. The molecule has 2 saturated heterocycles. The molecule has 1 aliphatic carbocycles. The van der Waals surface area contributed by atoms with Crippen molar-refractivity contribution in [3.8, 4) is 0 Å². The summed E-state index contributed by atoms with van der Waals surface area (Å²) in [4.78, 5) is 27.0. The van der Waals surface area contributed by atoms with Crippen LogP contribution in [-0.2, 0) is 4.79 Å². The fourth-order valence-corrected chi connectivity index (χ4v) is 4.92. The first-order valence-electron chi connectivity index (χ1n) is 9.45. The maximum Gasteiger partial charge on any atom is 0.230 e. The van der Waals surface area contributed by atoms with Crippen molar-refractivity contribution in [1.82, 2.24) is 14.9 Å². The van der Waals surface area contributed by atoms with E-state index in [9.17, 15) is 4.79 Å². The minimum absolute atomic E-state index is 0.182. The lowest BCUT2D eigenvalue weighted by atomic mass is 9.77. The molecule has 2 aliphatic heterocycles. The van der Waals surface area contributed by atoms with E-state index in [1.54, 1.807) is 0 Å². The molecule has 0 aromatic carbocycles. The van der Waals surface area contributed by atoms with E-state index in [0.717, 1.165) is 56.1 Å². The number of nitrogens with zero attached hydrogens (tertiary/aromatic N) is 4. The molecule has 1 amide bonds. The number of piperidine rings is 1. The summed E-state index contributed by atoms with van der Waals surface area (Å²) >= 11 is 0. The van der Waals surface area contributed by atoms with Gasteiger partial charge in [-0.15, -0.1) is 0 Å². The Morgan fingerprint density at radius 1 is 1.12 bits per heavy atom. The summed E-state index contributed by atoms with van der Waals surface area (Å²) in [5, 5.41) is 0. The molecule has 1 atom stereocenters. The SMILES string of the molecule is Cc1cnc(C)c(N2CC[C@]3(CCCN(C4CCCC4)C3=O)C2)n1. The van der Waals surface area contributed by atoms with Crippen LogP contribution in [0, 0.1) is 19.3 Å². The molecule has 130 valence electrons. The van der Waals surface area contributed by atoms with Crippen LogP contribution in [0.15, 0.2) is 6.20 Å². The highest BCUT2D eigenvalue weighted by Gasteiger charge is 2.50. The predicted octanol–water partition coefficient (Wildman–Crippen LogP) is 2.85. The summed E-state index contributed by atoms with van der Waals surface area (Å²) in [5.74, 6) is 1.39. The van der Waals surface area contributed by atoms with Gasteiger partial charge in [0.05, 0.1) is 16.8 Å². The van der Waals surface area contributed by atoms with Gasteiger partial charge in [0.15, 0.2) is 0 Å². The van der Waals surface area contributed by atoms with Crippen LogP contribution in [0.5, 0.6) is 0 Å². The van der Waals surface area contributed by atoms with Gasteiger partial charge in [0.1, 0.15) is 5.82 Å². The van der Waals surface area contributed by atoms with Crippen molar-refractivity contribution in [3.05, 3.63) is 17.6 Å². The van der Waals surface area contributed by atoms with E-state index in [2.05, 4.69) is 14.8 Å². The van der Waals surface area contributed by atoms with E-state index in [0.29, 0.717) is 11.9 Å². The largest absolute Gasteiger partial charge is 0.354 e. The molecule has 3 heterocycles. The van der Waals surface area contributed by atoms with Gasteiger partial charge >= 0.3 is 0 Å². The minimum atomic E-state index is -0.182. The molecular weight excluding hydrogens is 300 g/mol. The normalized spacial score (nSPS) is 28.3. The van der Waals surface area contributed by atoms with Crippen LogP contribution in [0.1, 0.15) is 56.3 Å². The number of anilines is 1. The molecule has 3 aliphatic rings. The monoisotopic (exact) mass is 328 g/mol. The zero-order valence-corrected chi connectivity index (χ0v) is 14.9. The number of aryl methyl sites for hydroxylation is 2. The highest BCUT2D eigenvalue weighted by Crippen LogP contribution is 2.43. The molecule has 1 saturated carbocycles. The van der Waals surface area contributed by atoms with Crippen molar-refractivity contribution >= 4 is 11.7 Å². The lowest BCUT2D eigenvalue weighted by molar-refractivity contribution is -0.147. The zero-order chi connectivity index (χ0) is 16.7. The molecule has 5 nitrogen and oxygen atoms in total. The molecule has 0 unspecified atom stereocenters. The molecule has 0 radical (unpaired) electrons. The average molecular weight is 328 g/mol. The number of carbonyl (C=O) groups is 1. The number of rotatable bonds is 2. The van der Waals surface area contributed by atoms with E-state index < -0.39 is 0 Å². The zero-order valence-electron chi connectivity index (χ0n) is 14.9. The highest BCUT2D eigenvalue weighted by molar-refractivity contribution is 5.85. The third-order valence-corrected chi connectivity index (χ3v) is 6.24. The summed E-state index contributed by atoms with van der Waals surface area (Å²) in [6.07, 6.45) is 9.93. The number of aromatic nitrogens is 2. The van der Waals surface area contributed by atoms with Crippen LogP contribution in [0.3, 0.4) is 0 Å². The quantitative estimate of drug-likeness (QED) is 0.837. The Morgan fingerprint density at radius 3 is 2.71 bits per heavy atom. The lowest BCUT2D eigenvalue weighted by Crippen LogP contribution is -2.53. The Kier molecular flexibility index (Phi) is 3.97. The van der Waals surface area contributed by atoms with E-state index in [-0.39, 0.29) is 5.41 Å². The van der Waals surface area contributed by atoms with Gasteiger partial charge in [-0.1, -0.05) is 12.8 Å². The maximum atomic E-state index is 13.3. The number of amides is 1. The van der Waals surface area contributed by atoms with Crippen LogP contribution in [0.25, 0.3) is 0 Å². The van der Waals surface area contributed by atoms with Crippen molar-refractivity contribution in [1.29, 1.82) is 0 Å². The standard InChI is InChI=1S/C19H28N4O/c1-14-12-20-15(2)17(21-14)22-11-9-19(13-22)8-5-10-23(18(19)24)16-6-3-4-7-16/h12,16H,3-11,13H2,1-2H3/t19-/m1/s1. The summed E-state index contributed by atoms with van der Waals surface area (Å²) in [7, 11) is 0. The van der Waals surface area contributed by atoms with E-state index in [1.807, 2.05) is 20.0 Å². The van der Waals surface area contributed by atoms with Gasteiger partial charge in [0, 0.05) is 31.9 Å². The van der Waals surface area contributed by atoms with Crippen LogP contribution < -0.4 is 4.90 Å². The molecular formula is C19H28N4O. The van der Waals surface area contributed by atoms with Crippen molar-refractivity contribution in [2.75, 3.05) is 24.5 Å². The van der Waals surface area contributed by atoms with E-state index >= 15 is 0 Å². The average Bonchev–Trinajstić information content (AvgIpc) is 3.23. The Labute approximate surface area is 144 Å². The predicted molar refractivity (Wildman–Crippen MR) is 94.0 cm³/mol. The van der Waals surface area contributed by atoms with Crippen molar-refractivity contribution in [3.63, 3.8) is 0 Å². The van der Waals surface area contributed by atoms with Crippen LogP contribution in [0.2, 0.25) is 0 Å². The summed E-state index contributed by atoms with van der Waals surface area (Å²) in [6.45, 7) is 6.70. The van der Waals surface area contributed by atoms with Crippen molar-refractivity contribution in [2.24, 2.45) is 5.41 Å². The molecule has 4 rings (SSSR count). The molecule has 0 N–H and O–H groups in total. The topological polar surface area (TPSA) is 49.3 Å². The summed E-state index contributed by atoms with van der Waals surface area (Å²) < 4.78 is 0. The molecule has 0 bridgehead atoms. The Bertz CT molecular complexity index is 640. The first-order chi connectivity index (χ1) is 11.6. The highest BCUT2D eigenvalue weighted by atomic mass is 16.2. The van der Waals surface area contributed by atoms with Crippen molar-refractivity contribution in [2.45, 2.75) is 64.8 Å². The van der Waals surface area contributed by atoms with Gasteiger partial charge in [0.25, 0.3) is 0 Å². The number of likely N-dealkylation sites (tertiary alicyclic amines) is 1. The van der Waals surface area contributed by atoms with Gasteiger partial charge in [-0.2, -0.15) is 0 Å². The van der Waals surface area contributed by atoms with E-state index in [1.165, 1.54) is 25.7 Å². The summed E-state index contributed by atoms with van der Waals surface area (Å²) in [5.41, 5.74) is 1.73. The first kappa shape index (κ1) is 15.9. The van der Waals surface area contributed by atoms with Gasteiger partial charge < -0.3 is 9.80 Å². The molecule has 1 spiro atoms. The minimum Gasteiger partial charge on any atom is -0.354 e. The molecule has 1 aromatic heterocycles. The van der Waals surface area contributed by atoms with Gasteiger partial charge in [0.2, 0.25) is 5.91 Å². The molecule has 1 aromatic rings. The van der Waals surface area contributed by atoms with Crippen LogP contribution in [0.4, 0.5) is 5.82 Å². The van der Waals surface area contributed by atoms with Crippen LogP contribution in [-0.4, -0.2) is 46.5 Å². The number of hydrogen-bond donors (Lipinski definition) is 0. The molecule has 5 heteroatoms. The Balaban J connectivity index is 1.55. The first-order valence-corrected chi connectivity index (χ1v) is 9.45. The van der Waals surface area contributed by atoms with Crippen molar-refractivity contribution < 1.29 is 4.79 Å². The van der Waals surface area contributed by atoms with E-state index in [4.69, 9.17) is 4.98 Å². The second kappa shape index (κ2) is 6.01. The molecule has 3 fully saturated rings. The number of hydrogen-bond acceptors (Lipinski definition) is 4. The third kappa shape index (κ3) is 2.58. The Hall–Kier alpha value is -1.65. The fraction of sp³-hybridized carbons (Fsp3) is 0.737. The third-order valence-electron chi connectivity index (χ3n) is 6.24. The second-order valence-corrected chi connectivity index (χ2v) is 7.91. The smallest absolute Gasteiger partial charge is 0.230 e. The van der Waals surface area contributed by atoms with Gasteiger partial charge in [-0.3, -0.25) is 9.78 Å².